The van der Waals surface area contributed by atoms with Gasteiger partial charge in [0, 0.05) is 29.1 Å². The van der Waals surface area contributed by atoms with E-state index in [-0.39, 0.29) is 24.0 Å². The van der Waals surface area contributed by atoms with Gasteiger partial charge in [0.2, 0.25) is 5.91 Å². The molecule has 0 aliphatic heterocycles. The molecule has 3 aromatic rings. The van der Waals surface area contributed by atoms with Crippen molar-refractivity contribution in [2.24, 2.45) is 0 Å². The molecule has 0 aliphatic rings. The van der Waals surface area contributed by atoms with E-state index in [1.807, 2.05) is 6.07 Å². The summed E-state index contributed by atoms with van der Waals surface area (Å²) < 4.78 is 6.65. The summed E-state index contributed by atoms with van der Waals surface area (Å²) in [6.07, 6.45) is 3.78. The molecule has 2 N–H and O–H groups in total. The number of nitrogens with one attached hydrogen (secondary N) is 2. The number of carbonyl (C=O) groups excluding carboxylic acids is 2. The maximum Gasteiger partial charge on any atom is 0.286 e. The number of aromatic nitrogens is 2. The van der Waals surface area contributed by atoms with Crippen LogP contribution in [0.5, 0.6) is 0 Å². The Morgan fingerprint density at radius 2 is 2.04 bits per heavy atom. The quantitative estimate of drug-likeness (QED) is 0.539. The van der Waals surface area contributed by atoms with Crippen molar-refractivity contribution in [1.29, 1.82) is 0 Å². The molecule has 0 fully saturated rings. The molecule has 0 spiro atoms. The first kappa shape index (κ1) is 20.0. The van der Waals surface area contributed by atoms with Crippen molar-refractivity contribution in [3.8, 4) is 0 Å². The topological polar surface area (TPSA) is 89.2 Å². The molecule has 2 amide bonds. The number of carbonyl (C=O) groups is 2. The zero-order valence-electron chi connectivity index (χ0n) is 14.8. The Morgan fingerprint density at radius 1 is 1.18 bits per heavy atom. The van der Waals surface area contributed by atoms with Crippen molar-refractivity contribution in [1.82, 2.24) is 15.1 Å². The van der Waals surface area contributed by atoms with Crippen LogP contribution in [0.1, 0.15) is 29.0 Å². The fourth-order valence-corrected chi connectivity index (χ4v) is 3.00. The van der Waals surface area contributed by atoms with Crippen LogP contribution < -0.4 is 10.6 Å². The molecule has 146 valence electrons. The van der Waals surface area contributed by atoms with Crippen LogP contribution in [0.25, 0.3) is 0 Å². The summed E-state index contributed by atoms with van der Waals surface area (Å²) in [5, 5.41) is 10.8. The van der Waals surface area contributed by atoms with Gasteiger partial charge < -0.3 is 15.1 Å². The Hall–Kier alpha value is -2.77. The van der Waals surface area contributed by atoms with Crippen LogP contribution in [0.3, 0.4) is 0 Å². The maximum absolute atomic E-state index is 12.2. The number of hydrogen-bond acceptors (Lipinski definition) is 4. The van der Waals surface area contributed by atoms with Gasteiger partial charge in [0.25, 0.3) is 5.91 Å². The van der Waals surface area contributed by atoms with Gasteiger partial charge in [-0.2, -0.15) is 5.10 Å². The molecule has 7 nitrogen and oxygen atoms in total. The van der Waals surface area contributed by atoms with E-state index < -0.39 is 0 Å². The summed E-state index contributed by atoms with van der Waals surface area (Å²) in [5.74, 6) is 0.337. The fourth-order valence-electron chi connectivity index (χ4n) is 2.53. The second kappa shape index (κ2) is 9.43. The second-order valence-electron chi connectivity index (χ2n) is 5.99. The Balaban J connectivity index is 1.47. The highest BCUT2D eigenvalue weighted by atomic mass is 35.5. The van der Waals surface area contributed by atoms with Gasteiger partial charge >= 0.3 is 0 Å². The molecule has 2 heterocycles. The van der Waals surface area contributed by atoms with Crippen LogP contribution in [0.2, 0.25) is 10.0 Å². The highest BCUT2D eigenvalue weighted by molar-refractivity contribution is 6.35. The Labute approximate surface area is 171 Å². The fraction of sp³-hybridized carbons (Fsp3) is 0.211. The molecule has 1 aromatic carbocycles. The van der Waals surface area contributed by atoms with Crippen LogP contribution in [-0.2, 0) is 11.3 Å². The van der Waals surface area contributed by atoms with Gasteiger partial charge in [-0.25, -0.2) is 4.68 Å². The van der Waals surface area contributed by atoms with E-state index in [1.165, 1.54) is 6.26 Å². The standard InChI is InChI=1S/C19H18Cl2N4O3/c20-14-6-5-13(15(21)11-14)12-25-17(7-9-23-25)24-18(26)4-1-8-22-19(27)16-3-2-10-28-16/h2-3,5-7,9-11H,1,4,8,12H2,(H,22,27)(H,24,26). The van der Waals surface area contributed by atoms with E-state index in [1.54, 1.807) is 41.2 Å². The molecule has 0 saturated heterocycles. The molecule has 3 rings (SSSR count). The van der Waals surface area contributed by atoms with E-state index in [9.17, 15) is 9.59 Å². The average molecular weight is 421 g/mol. The molecule has 2 aromatic heterocycles. The third kappa shape index (κ3) is 5.37. The minimum absolute atomic E-state index is 0.170. The third-order valence-corrected chi connectivity index (χ3v) is 4.52. The maximum atomic E-state index is 12.2. The molecule has 0 aliphatic carbocycles. The van der Waals surface area contributed by atoms with Crippen molar-refractivity contribution in [3.63, 3.8) is 0 Å². The van der Waals surface area contributed by atoms with Gasteiger partial charge in [-0.1, -0.05) is 29.3 Å². The zero-order valence-corrected chi connectivity index (χ0v) is 16.3. The Morgan fingerprint density at radius 3 is 2.79 bits per heavy atom. The number of halogens is 2. The van der Waals surface area contributed by atoms with Crippen LogP contribution >= 0.6 is 23.2 Å². The lowest BCUT2D eigenvalue weighted by molar-refractivity contribution is -0.116. The first-order valence-electron chi connectivity index (χ1n) is 8.60. The van der Waals surface area contributed by atoms with E-state index in [0.717, 1.165) is 5.56 Å². The van der Waals surface area contributed by atoms with Gasteiger partial charge in [0.15, 0.2) is 5.76 Å². The summed E-state index contributed by atoms with van der Waals surface area (Å²) >= 11 is 12.1. The predicted molar refractivity (Wildman–Crippen MR) is 107 cm³/mol. The second-order valence-corrected chi connectivity index (χ2v) is 6.84. The number of furan rings is 1. The van der Waals surface area contributed by atoms with Crippen LogP contribution in [0, 0.1) is 0 Å². The summed E-state index contributed by atoms with van der Waals surface area (Å²) in [6.45, 7) is 0.768. The van der Waals surface area contributed by atoms with E-state index in [2.05, 4.69) is 15.7 Å². The molecule has 0 unspecified atom stereocenters. The Kier molecular flexibility index (Phi) is 6.73. The number of nitrogens with zero attached hydrogens (tertiary/aromatic N) is 2. The van der Waals surface area contributed by atoms with Crippen LogP contribution in [0.15, 0.2) is 53.3 Å². The number of rotatable bonds is 8. The minimum Gasteiger partial charge on any atom is -0.459 e. The predicted octanol–water partition coefficient (Wildman–Crippen LogP) is 3.98. The lowest BCUT2D eigenvalue weighted by Gasteiger charge is -2.10. The molecule has 9 heteroatoms. The third-order valence-electron chi connectivity index (χ3n) is 3.93. The van der Waals surface area contributed by atoms with Gasteiger partial charge in [-0.15, -0.1) is 0 Å². The molecule has 0 saturated carbocycles. The van der Waals surface area contributed by atoms with Crippen LogP contribution in [0.4, 0.5) is 5.82 Å². The van der Waals surface area contributed by atoms with Gasteiger partial charge in [0.05, 0.1) is 19.0 Å². The van der Waals surface area contributed by atoms with Crippen molar-refractivity contribution < 1.29 is 14.0 Å². The van der Waals surface area contributed by atoms with E-state index in [0.29, 0.717) is 35.4 Å². The first-order chi connectivity index (χ1) is 13.5. The molecule has 0 bridgehead atoms. The van der Waals surface area contributed by atoms with E-state index in [4.69, 9.17) is 27.6 Å². The zero-order chi connectivity index (χ0) is 19.9. The molecular weight excluding hydrogens is 403 g/mol. The first-order valence-corrected chi connectivity index (χ1v) is 9.36. The van der Waals surface area contributed by atoms with Crippen molar-refractivity contribution in [2.75, 3.05) is 11.9 Å². The van der Waals surface area contributed by atoms with Crippen molar-refractivity contribution in [3.05, 3.63) is 70.2 Å². The molecule has 0 radical (unpaired) electrons. The van der Waals surface area contributed by atoms with E-state index >= 15 is 0 Å². The SMILES string of the molecule is O=C(CCCNC(=O)c1ccco1)Nc1ccnn1Cc1ccc(Cl)cc1Cl. The number of anilines is 1. The molecule has 28 heavy (non-hydrogen) atoms. The molecule has 0 atom stereocenters. The molecular formula is C19H18Cl2N4O3. The number of benzene rings is 1. The smallest absolute Gasteiger partial charge is 0.286 e. The lowest BCUT2D eigenvalue weighted by atomic mass is 10.2. The number of hydrogen-bond donors (Lipinski definition) is 2. The lowest BCUT2D eigenvalue weighted by Crippen LogP contribution is -2.25. The summed E-state index contributed by atoms with van der Waals surface area (Å²) in [4.78, 5) is 23.9. The van der Waals surface area contributed by atoms with Crippen molar-refractivity contribution in [2.45, 2.75) is 19.4 Å². The normalized spacial score (nSPS) is 10.6. The largest absolute Gasteiger partial charge is 0.459 e. The monoisotopic (exact) mass is 420 g/mol. The highest BCUT2D eigenvalue weighted by Gasteiger charge is 2.11. The van der Waals surface area contributed by atoms with Crippen molar-refractivity contribution >= 4 is 40.8 Å². The van der Waals surface area contributed by atoms with Gasteiger partial charge in [0.1, 0.15) is 5.82 Å². The average Bonchev–Trinajstić information content (AvgIpc) is 3.33. The Bertz CT molecular complexity index is 954. The number of amides is 2. The highest BCUT2D eigenvalue weighted by Crippen LogP contribution is 2.22. The summed E-state index contributed by atoms with van der Waals surface area (Å²) in [5.41, 5.74) is 0.839. The van der Waals surface area contributed by atoms with Gasteiger partial charge in [-0.3, -0.25) is 9.59 Å². The minimum atomic E-state index is -0.302. The van der Waals surface area contributed by atoms with Gasteiger partial charge in [-0.05, 0) is 36.2 Å². The van der Waals surface area contributed by atoms with Crippen LogP contribution in [-0.4, -0.2) is 28.1 Å². The summed E-state index contributed by atoms with van der Waals surface area (Å²) in [7, 11) is 0. The summed E-state index contributed by atoms with van der Waals surface area (Å²) in [6, 6.07) is 10.2.